The Balaban J connectivity index is 1.44. The highest BCUT2D eigenvalue weighted by molar-refractivity contribution is 7.91. The second kappa shape index (κ2) is 10.3. The molecule has 3 aromatic rings. The van der Waals surface area contributed by atoms with Crippen LogP contribution in [-0.4, -0.2) is 61.4 Å². The van der Waals surface area contributed by atoms with E-state index in [-0.39, 0.29) is 11.5 Å². The lowest BCUT2D eigenvalue weighted by molar-refractivity contribution is -0.134. The summed E-state index contributed by atoms with van der Waals surface area (Å²) < 4.78 is 29.1. The number of pyridine rings is 1. The molecule has 2 aliphatic rings. The number of benzene rings is 2. The third-order valence-electron chi connectivity index (χ3n) is 7.06. The Labute approximate surface area is 221 Å². The number of esters is 1. The van der Waals surface area contributed by atoms with Crippen molar-refractivity contribution >= 4 is 55.9 Å². The molecule has 0 radical (unpaired) electrons. The fourth-order valence-corrected chi connectivity index (χ4v) is 6.95. The Kier molecular flexibility index (Phi) is 7.05. The molecule has 0 N–H and O–H groups in total. The molecule has 1 aliphatic heterocycles. The van der Waals surface area contributed by atoms with Crippen molar-refractivity contribution in [2.75, 3.05) is 25.2 Å². The molecule has 1 amide bonds. The number of hydrogen-bond donors (Lipinski definition) is 0. The molecule has 37 heavy (non-hydrogen) atoms. The molecule has 1 atom stereocenters. The van der Waals surface area contributed by atoms with E-state index in [4.69, 9.17) is 21.3 Å². The molecule has 1 fully saturated rings. The standard InChI is InChI=1S/C28H27ClN2O5S/c1-31(21-13-14-37(34,35)17-21)25(32)16-36-28(33)26-22-6-2-3-8-24(22)30-27-19(5-4-7-23(26)27)15-18-9-11-20(29)12-10-18/h2-3,6,8-12,15,21H,4-5,7,13-14,16-17H2,1H3. The monoisotopic (exact) mass is 538 g/mol. The zero-order chi connectivity index (χ0) is 26.2. The van der Waals surface area contributed by atoms with Crippen molar-refractivity contribution in [2.24, 2.45) is 0 Å². The van der Waals surface area contributed by atoms with Crippen molar-refractivity contribution < 1.29 is 22.7 Å². The smallest absolute Gasteiger partial charge is 0.339 e. The second-order valence-corrected chi connectivity index (χ2v) is 12.2. The van der Waals surface area contributed by atoms with E-state index in [0.717, 1.165) is 35.2 Å². The van der Waals surface area contributed by atoms with Crippen molar-refractivity contribution in [2.45, 2.75) is 31.7 Å². The Bertz CT molecular complexity index is 1520. The summed E-state index contributed by atoms with van der Waals surface area (Å²) in [5, 5.41) is 1.34. The van der Waals surface area contributed by atoms with Crippen LogP contribution in [0.4, 0.5) is 0 Å². The Hall–Kier alpha value is -3.23. The molecule has 5 rings (SSSR count). The average Bonchev–Trinajstić information content (AvgIpc) is 3.26. The summed E-state index contributed by atoms with van der Waals surface area (Å²) in [6.45, 7) is -0.454. The number of para-hydroxylation sites is 1. The third-order valence-corrected chi connectivity index (χ3v) is 9.06. The lowest BCUT2D eigenvalue weighted by Gasteiger charge is -2.24. The van der Waals surface area contributed by atoms with E-state index < -0.39 is 34.4 Å². The van der Waals surface area contributed by atoms with E-state index >= 15 is 0 Å². The number of nitrogens with zero attached hydrogens (tertiary/aromatic N) is 2. The first kappa shape index (κ1) is 25.4. The van der Waals surface area contributed by atoms with Gasteiger partial charge >= 0.3 is 5.97 Å². The molecule has 1 saturated heterocycles. The first-order chi connectivity index (χ1) is 17.7. The van der Waals surface area contributed by atoms with Gasteiger partial charge in [0.1, 0.15) is 0 Å². The number of allylic oxidation sites excluding steroid dienone is 1. The Morgan fingerprint density at radius 3 is 2.62 bits per heavy atom. The van der Waals surface area contributed by atoms with E-state index in [0.29, 0.717) is 34.3 Å². The summed E-state index contributed by atoms with van der Waals surface area (Å²) in [5.74, 6) is -1.00. The summed E-state index contributed by atoms with van der Waals surface area (Å²) in [6.07, 6.45) is 4.81. The molecule has 7 nitrogen and oxygen atoms in total. The number of aromatic nitrogens is 1. The minimum Gasteiger partial charge on any atom is -0.452 e. The van der Waals surface area contributed by atoms with Gasteiger partial charge in [0, 0.05) is 23.5 Å². The summed E-state index contributed by atoms with van der Waals surface area (Å²) in [6, 6.07) is 14.6. The molecule has 0 spiro atoms. The average molecular weight is 539 g/mol. The van der Waals surface area contributed by atoms with Crippen LogP contribution in [-0.2, 0) is 25.8 Å². The van der Waals surface area contributed by atoms with E-state index in [9.17, 15) is 18.0 Å². The van der Waals surface area contributed by atoms with Gasteiger partial charge < -0.3 is 9.64 Å². The zero-order valence-corrected chi connectivity index (χ0v) is 22.0. The molecule has 9 heteroatoms. The maximum atomic E-state index is 13.4. The van der Waals surface area contributed by atoms with Crippen LogP contribution in [0.25, 0.3) is 22.6 Å². The van der Waals surface area contributed by atoms with Gasteiger partial charge in [-0.2, -0.15) is 0 Å². The van der Waals surface area contributed by atoms with Crippen molar-refractivity contribution in [3.63, 3.8) is 0 Å². The largest absolute Gasteiger partial charge is 0.452 e. The van der Waals surface area contributed by atoms with Gasteiger partial charge in [0.05, 0.1) is 28.3 Å². The minimum absolute atomic E-state index is 0.0611. The highest BCUT2D eigenvalue weighted by Crippen LogP contribution is 2.36. The van der Waals surface area contributed by atoms with Crippen molar-refractivity contribution in [1.29, 1.82) is 0 Å². The predicted molar refractivity (Wildman–Crippen MR) is 144 cm³/mol. The number of fused-ring (bicyclic) bond motifs is 2. The quantitative estimate of drug-likeness (QED) is 0.442. The first-order valence-electron chi connectivity index (χ1n) is 12.2. The van der Waals surface area contributed by atoms with Crippen LogP contribution in [0.1, 0.15) is 46.4 Å². The number of sulfone groups is 1. The van der Waals surface area contributed by atoms with Gasteiger partial charge in [-0.3, -0.25) is 4.79 Å². The number of rotatable bonds is 5. The first-order valence-corrected chi connectivity index (χ1v) is 14.4. The van der Waals surface area contributed by atoms with E-state index in [1.54, 1.807) is 7.05 Å². The van der Waals surface area contributed by atoms with Crippen molar-refractivity contribution in [3.05, 3.63) is 75.9 Å². The fraction of sp³-hybridized carbons (Fsp3) is 0.321. The fourth-order valence-electron chi connectivity index (χ4n) is 5.05. The Morgan fingerprint density at radius 2 is 1.89 bits per heavy atom. The normalized spacial score (nSPS) is 19.5. The molecule has 192 valence electrons. The molecule has 0 saturated carbocycles. The van der Waals surface area contributed by atoms with E-state index in [1.165, 1.54) is 4.90 Å². The number of likely N-dealkylation sites (N-methyl/N-ethyl adjacent to an activating group) is 1. The van der Waals surface area contributed by atoms with Gasteiger partial charge in [-0.25, -0.2) is 18.2 Å². The third kappa shape index (κ3) is 5.40. The molecular formula is C28H27ClN2O5S. The van der Waals surface area contributed by atoms with Crippen molar-refractivity contribution in [1.82, 2.24) is 9.88 Å². The van der Waals surface area contributed by atoms with E-state index in [2.05, 4.69) is 6.08 Å². The van der Waals surface area contributed by atoms with Gasteiger partial charge in [0.15, 0.2) is 16.4 Å². The van der Waals surface area contributed by atoms with Crippen LogP contribution in [0.3, 0.4) is 0 Å². The van der Waals surface area contributed by atoms with Crippen LogP contribution in [0.15, 0.2) is 48.5 Å². The number of carbonyl (C=O) groups is 2. The Morgan fingerprint density at radius 1 is 1.14 bits per heavy atom. The number of amides is 1. The molecule has 2 aromatic carbocycles. The maximum absolute atomic E-state index is 13.4. The van der Waals surface area contributed by atoms with Gasteiger partial charge in [0.2, 0.25) is 0 Å². The van der Waals surface area contributed by atoms with Crippen LogP contribution in [0.5, 0.6) is 0 Å². The second-order valence-electron chi connectivity index (χ2n) is 9.54. The summed E-state index contributed by atoms with van der Waals surface area (Å²) in [4.78, 5) is 32.5. The number of halogens is 1. The SMILES string of the molecule is CN(C(=O)COC(=O)c1c2c(nc3ccccc13)C(=Cc1ccc(Cl)cc1)CCC2)C1CCS(=O)(=O)C1. The molecule has 0 bridgehead atoms. The van der Waals surface area contributed by atoms with Gasteiger partial charge in [-0.05, 0) is 66.7 Å². The molecular weight excluding hydrogens is 512 g/mol. The maximum Gasteiger partial charge on any atom is 0.339 e. The number of hydrogen-bond acceptors (Lipinski definition) is 6. The zero-order valence-electron chi connectivity index (χ0n) is 20.4. The van der Waals surface area contributed by atoms with E-state index in [1.807, 2.05) is 48.5 Å². The molecule has 1 aliphatic carbocycles. The predicted octanol–water partition coefficient (Wildman–Crippen LogP) is 4.57. The minimum atomic E-state index is -3.13. The lowest BCUT2D eigenvalue weighted by atomic mass is 9.86. The lowest BCUT2D eigenvalue weighted by Crippen LogP contribution is -2.40. The molecule has 1 unspecified atom stereocenters. The topological polar surface area (TPSA) is 93.6 Å². The summed E-state index contributed by atoms with van der Waals surface area (Å²) in [7, 11) is -1.58. The van der Waals surface area contributed by atoms with Crippen LogP contribution >= 0.6 is 11.6 Å². The van der Waals surface area contributed by atoms with Crippen LogP contribution in [0.2, 0.25) is 5.02 Å². The highest BCUT2D eigenvalue weighted by atomic mass is 35.5. The highest BCUT2D eigenvalue weighted by Gasteiger charge is 2.33. The van der Waals surface area contributed by atoms with Gasteiger partial charge in [0.25, 0.3) is 5.91 Å². The summed E-state index contributed by atoms with van der Waals surface area (Å²) >= 11 is 6.04. The molecule has 1 aromatic heterocycles. The molecule has 2 heterocycles. The number of carbonyl (C=O) groups excluding carboxylic acids is 2. The number of ether oxygens (including phenoxy) is 1. The summed E-state index contributed by atoms with van der Waals surface area (Å²) in [5.41, 5.74) is 4.72. The van der Waals surface area contributed by atoms with Gasteiger partial charge in [-0.15, -0.1) is 0 Å². The van der Waals surface area contributed by atoms with Crippen LogP contribution < -0.4 is 0 Å². The van der Waals surface area contributed by atoms with Crippen LogP contribution in [0, 0.1) is 0 Å². The van der Waals surface area contributed by atoms with Crippen molar-refractivity contribution in [3.8, 4) is 0 Å². The van der Waals surface area contributed by atoms with Gasteiger partial charge in [-0.1, -0.05) is 41.9 Å².